The molecule has 0 bridgehead atoms. The zero-order valence-corrected chi connectivity index (χ0v) is 16.8. The second kappa shape index (κ2) is 8.36. The molecule has 0 unspecified atom stereocenters. The van der Waals surface area contributed by atoms with Crippen LogP contribution >= 0.6 is 11.3 Å². The Kier molecular flexibility index (Phi) is 5.48. The molecule has 4 aromatic rings. The number of aromatic nitrogens is 3. The van der Waals surface area contributed by atoms with E-state index in [1.54, 1.807) is 0 Å². The Morgan fingerprint density at radius 3 is 2.48 bits per heavy atom. The van der Waals surface area contributed by atoms with E-state index in [0.717, 1.165) is 27.3 Å². The largest absolute Gasteiger partial charge is 0.354 e. The van der Waals surface area contributed by atoms with Gasteiger partial charge in [-0.1, -0.05) is 60.7 Å². The molecule has 2 aromatic heterocycles. The highest BCUT2D eigenvalue weighted by atomic mass is 32.1. The van der Waals surface area contributed by atoms with Gasteiger partial charge in [-0.15, -0.1) is 11.3 Å². The zero-order chi connectivity index (χ0) is 20.2. The third-order valence-corrected chi connectivity index (χ3v) is 5.50. The number of fused-ring (bicyclic) bond motifs is 1. The summed E-state index contributed by atoms with van der Waals surface area (Å²) >= 11 is 1.44. The Balaban J connectivity index is 1.58. The van der Waals surface area contributed by atoms with Crippen LogP contribution in [0.3, 0.4) is 0 Å². The highest BCUT2D eigenvalue weighted by molar-refractivity contribution is 7.19. The third-order valence-electron chi connectivity index (χ3n) is 4.53. The highest BCUT2D eigenvalue weighted by Gasteiger charge is 2.17. The summed E-state index contributed by atoms with van der Waals surface area (Å²) in [6.07, 6.45) is 0.731. The number of rotatable bonds is 6. The van der Waals surface area contributed by atoms with Crippen LogP contribution in [0.1, 0.15) is 10.6 Å². The Hall–Kier alpha value is -3.32. The molecule has 146 valence electrons. The number of carbonyl (C=O) groups is 1. The molecule has 0 spiro atoms. The molecule has 0 atom stereocenters. The number of hydrogen-bond donors (Lipinski definition) is 1. The van der Waals surface area contributed by atoms with Crippen LogP contribution in [0, 0.1) is 6.92 Å². The first-order valence-electron chi connectivity index (χ1n) is 9.36. The lowest BCUT2D eigenvalue weighted by Gasteiger charge is -2.09. The minimum absolute atomic E-state index is 0.139. The van der Waals surface area contributed by atoms with Crippen molar-refractivity contribution in [2.24, 2.45) is 0 Å². The average molecular weight is 404 g/mol. The summed E-state index contributed by atoms with van der Waals surface area (Å²) in [5, 5.41) is 8.16. The van der Waals surface area contributed by atoms with Crippen molar-refractivity contribution in [1.29, 1.82) is 0 Å². The first kappa shape index (κ1) is 19.0. The molecular formula is C22H20N4O2S. The standard InChI is InChI=1S/C22H20N4O2S/c1-15-24-20-21(29-15)19(17-10-6-3-7-11-17)25-26(22(20)28)14-18(27)23-13-12-16-8-4-2-5-9-16/h2-11H,12-14H2,1H3,(H,23,27). The molecule has 1 N–H and O–H groups in total. The maximum Gasteiger partial charge on any atom is 0.294 e. The van der Waals surface area contributed by atoms with Crippen LogP contribution in [0.5, 0.6) is 0 Å². The molecule has 1 amide bonds. The lowest BCUT2D eigenvalue weighted by molar-refractivity contribution is -0.121. The summed E-state index contributed by atoms with van der Waals surface area (Å²) in [6, 6.07) is 19.6. The second-order valence-electron chi connectivity index (χ2n) is 6.67. The van der Waals surface area contributed by atoms with Crippen LogP contribution in [0.25, 0.3) is 21.5 Å². The first-order valence-corrected chi connectivity index (χ1v) is 10.2. The number of thiazole rings is 1. The van der Waals surface area contributed by atoms with Crippen molar-refractivity contribution in [1.82, 2.24) is 20.1 Å². The summed E-state index contributed by atoms with van der Waals surface area (Å²) in [5.74, 6) is -0.249. The highest BCUT2D eigenvalue weighted by Crippen LogP contribution is 2.29. The minimum Gasteiger partial charge on any atom is -0.354 e. The maximum atomic E-state index is 12.8. The molecule has 7 heteroatoms. The molecule has 0 saturated heterocycles. The Bertz CT molecular complexity index is 1200. The van der Waals surface area contributed by atoms with E-state index in [1.165, 1.54) is 16.0 Å². The van der Waals surface area contributed by atoms with Gasteiger partial charge in [0.15, 0.2) is 5.52 Å². The van der Waals surface area contributed by atoms with Gasteiger partial charge < -0.3 is 5.32 Å². The van der Waals surface area contributed by atoms with Crippen LogP contribution in [-0.4, -0.2) is 27.2 Å². The van der Waals surface area contributed by atoms with Gasteiger partial charge in [0.05, 0.1) is 9.71 Å². The van der Waals surface area contributed by atoms with Crippen molar-refractivity contribution >= 4 is 27.5 Å². The monoisotopic (exact) mass is 404 g/mol. The average Bonchev–Trinajstić information content (AvgIpc) is 3.13. The molecular weight excluding hydrogens is 384 g/mol. The van der Waals surface area contributed by atoms with Crippen LogP contribution in [0.4, 0.5) is 0 Å². The number of nitrogens with zero attached hydrogens (tertiary/aromatic N) is 3. The van der Waals surface area contributed by atoms with Crippen molar-refractivity contribution in [2.45, 2.75) is 19.9 Å². The molecule has 0 saturated carbocycles. The molecule has 2 heterocycles. The van der Waals surface area contributed by atoms with Crippen molar-refractivity contribution in [3.8, 4) is 11.3 Å². The second-order valence-corrected chi connectivity index (χ2v) is 7.88. The first-order chi connectivity index (χ1) is 14.1. The SMILES string of the molecule is Cc1nc2c(=O)n(CC(=O)NCCc3ccccc3)nc(-c3ccccc3)c2s1. The van der Waals surface area contributed by atoms with E-state index in [0.29, 0.717) is 17.8 Å². The summed E-state index contributed by atoms with van der Waals surface area (Å²) in [4.78, 5) is 29.6. The Morgan fingerprint density at radius 2 is 1.76 bits per heavy atom. The van der Waals surface area contributed by atoms with E-state index in [2.05, 4.69) is 15.4 Å². The van der Waals surface area contributed by atoms with Crippen LogP contribution in [0.2, 0.25) is 0 Å². The lowest BCUT2D eigenvalue weighted by atomic mass is 10.1. The fourth-order valence-corrected chi connectivity index (χ4v) is 4.06. The van der Waals surface area contributed by atoms with Gasteiger partial charge in [-0.05, 0) is 18.9 Å². The fraction of sp³-hybridized carbons (Fsp3) is 0.182. The van der Waals surface area contributed by atoms with Gasteiger partial charge in [0.2, 0.25) is 5.91 Å². The molecule has 4 rings (SSSR count). The van der Waals surface area contributed by atoms with Crippen molar-refractivity contribution < 1.29 is 4.79 Å². The number of carbonyl (C=O) groups excluding carboxylic acids is 1. The van der Waals surface area contributed by atoms with Gasteiger partial charge in [0, 0.05) is 12.1 Å². The van der Waals surface area contributed by atoms with E-state index < -0.39 is 0 Å². The molecule has 0 aliphatic heterocycles. The van der Waals surface area contributed by atoms with Gasteiger partial charge in [0.1, 0.15) is 12.2 Å². The number of hydrogen-bond acceptors (Lipinski definition) is 5. The number of amides is 1. The topological polar surface area (TPSA) is 76.9 Å². The third kappa shape index (κ3) is 4.25. The number of benzene rings is 2. The molecule has 6 nitrogen and oxygen atoms in total. The smallest absolute Gasteiger partial charge is 0.294 e. The van der Waals surface area contributed by atoms with Crippen LogP contribution in [-0.2, 0) is 17.8 Å². The predicted molar refractivity (Wildman–Crippen MR) is 115 cm³/mol. The van der Waals surface area contributed by atoms with E-state index >= 15 is 0 Å². The zero-order valence-electron chi connectivity index (χ0n) is 16.0. The molecule has 0 aliphatic rings. The number of nitrogens with one attached hydrogen (secondary N) is 1. The molecule has 29 heavy (non-hydrogen) atoms. The van der Waals surface area contributed by atoms with E-state index in [9.17, 15) is 9.59 Å². The van der Waals surface area contributed by atoms with Gasteiger partial charge in [-0.2, -0.15) is 5.10 Å². The molecule has 0 fully saturated rings. The normalized spacial score (nSPS) is 10.9. The van der Waals surface area contributed by atoms with Crippen molar-refractivity contribution in [3.05, 3.63) is 81.6 Å². The summed E-state index contributed by atoms with van der Waals surface area (Å²) in [7, 11) is 0. The van der Waals surface area contributed by atoms with Crippen molar-refractivity contribution in [2.75, 3.05) is 6.54 Å². The molecule has 0 radical (unpaired) electrons. The molecule has 2 aromatic carbocycles. The van der Waals surface area contributed by atoms with Crippen LogP contribution in [0.15, 0.2) is 65.5 Å². The number of aryl methyl sites for hydroxylation is 1. The van der Waals surface area contributed by atoms with Gasteiger partial charge in [-0.25, -0.2) is 9.67 Å². The van der Waals surface area contributed by atoms with Crippen LogP contribution < -0.4 is 10.9 Å². The van der Waals surface area contributed by atoms with E-state index in [-0.39, 0.29) is 18.0 Å². The predicted octanol–water partition coefficient (Wildman–Crippen LogP) is 3.19. The summed E-state index contributed by atoms with van der Waals surface area (Å²) < 4.78 is 1.96. The lowest BCUT2D eigenvalue weighted by Crippen LogP contribution is -2.35. The quantitative estimate of drug-likeness (QED) is 0.535. The minimum atomic E-state index is -0.345. The van der Waals surface area contributed by atoms with Gasteiger partial charge in [0.25, 0.3) is 5.56 Å². The van der Waals surface area contributed by atoms with Gasteiger partial charge in [-0.3, -0.25) is 9.59 Å². The Labute approximate surface area is 171 Å². The maximum absolute atomic E-state index is 12.8. The van der Waals surface area contributed by atoms with Gasteiger partial charge >= 0.3 is 0 Å². The van der Waals surface area contributed by atoms with E-state index in [1.807, 2.05) is 67.6 Å². The molecule has 0 aliphatic carbocycles. The summed E-state index contributed by atoms with van der Waals surface area (Å²) in [5.41, 5.74) is 2.72. The van der Waals surface area contributed by atoms with E-state index in [4.69, 9.17) is 0 Å². The summed E-state index contributed by atoms with van der Waals surface area (Å²) in [6.45, 7) is 2.22. The fourth-order valence-electron chi connectivity index (χ4n) is 3.14. The van der Waals surface area contributed by atoms with Crippen molar-refractivity contribution in [3.63, 3.8) is 0 Å². The Morgan fingerprint density at radius 1 is 1.07 bits per heavy atom.